The highest BCUT2D eigenvalue weighted by Crippen LogP contribution is 2.23. The second kappa shape index (κ2) is 6.03. The molecule has 1 unspecified atom stereocenters. The monoisotopic (exact) mass is 258 g/mol. The first kappa shape index (κ1) is 13.1. The normalized spacial score (nSPS) is 12.4. The fourth-order valence-corrected chi connectivity index (χ4v) is 2.46. The van der Waals surface area contributed by atoms with Gasteiger partial charge in [-0.25, -0.2) is 0 Å². The van der Waals surface area contributed by atoms with E-state index in [4.69, 9.17) is 5.73 Å². The van der Waals surface area contributed by atoms with Crippen LogP contribution in [0, 0.1) is 6.92 Å². The summed E-state index contributed by atoms with van der Waals surface area (Å²) in [5.41, 5.74) is 9.44. The molecule has 0 saturated heterocycles. The van der Waals surface area contributed by atoms with Crippen molar-refractivity contribution in [2.24, 2.45) is 5.73 Å². The molecule has 1 heterocycles. The van der Waals surface area contributed by atoms with Gasteiger partial charge in [0.05, 0.1) is 6.04 Å². The van der Waals surface area contributed by atoms with Crippen LogP contribution in [0.15, 0.2) is 47.5 Å². The van der Waals surface area contributed by atoms with Crippen LogP contribution in [0.4, 0.5) is 0 Å². The molecule has 0 aliphatic rings. The Kier molecular flexibility index (Phi) is 4.39. The second-order valence-corrected chi connectivity index (χ2v) is 5.55. The summed E-state index contributed by atoms with van der Waals surface area (Å²) in [4.78, 5) is 5.58. The third kappa shape index (κ3) is 3.12. The molecule has 3 heteroatoms. The maximum atomic E-state index is 6.24. The van der Waals surface area contributed by atoms with E-state index in [9.17, 15) is 0 Å². The summed E-state index contributed by atoms with van der Waals surface area (Å²) in [6.07, 6.45) is 1.86. The highest BCUT2D eigenvalue weighted by molar-refractivity contribution is 7.99. The lowest BCUT2D eigenvalue weighted by Crippen LogP contribution is -2.12. The number of benzene rings is 1. The summed E-state index contributed by atoms with van der Waals surface area (Å²) in [5, 5.41) is 0. The second-order valence-electron chi connectivity index (χ2n) is 4.21. The first-order valence-electron chi connectivity index (χ1n) is 6.11. The van der Waals surface area contributed by atoms with Crippen LogP contribution < -0.4 is 5.73 Å². The van der Waals surface area contributed by atoms with Crippen molar-refractivity contribution in [1.82, 2.24) is 4.98 Å². The SMILES string of the molecule is CCSc1ccc(C(N)c2ccc(C)nc2)cc1. The smallest absolute Gasteiger partial charge is 0.0566 e. The molecular weight excluding hydrogens is 240 g/mol. The third-order valence-corrected chi connectivity index (χ3v) is 3.74. The number of aryl methyl sites for hydroxylation is 1. The molecular formula is C15H18N2S. The average molecular weight is 258 g/mol. The zero-order valence-electron chi connectivity index (χ0n) is 10.8. The summed E-state index contributed by atoms with van der Waals surface area (Å²) < 4.78 is 0. The number of aromatic nitrogens is 1. The van der Waals surface area contributed by atoms with Crippen molar-refractivity contribution in [3.63, 3.8) is 0 Å². The summed E-state index contributed by atoms with van der Waals surface area (Å²) in [7, 11) is 0. The number of rotatable bonds is 4. The fourth-order valence-electron chi connectivity index (χ4n) is 1.79. The molecule has 0 aliphatic heterocycles. The molecule has 18 heavy (non-hydrogen) atoms. The van der Waals surface area contributed by atoms with Gasteiger partial charge in [0, 0.05) is 16.8 Å². The first-order chi connectivity index (χ1) is 8.70. The van der Waals surface area contributed by atoms with E-state index in [2.05, 4.69) is 36.2 Å². The summed E-state index contributed by atoms with van der Waals surface area (Å²) >= 11 is 1.84. The Morgan fingerprint density at radius 1 is 1.11 bits per heavy atom. The van der Waals surface area contributed by atoms with Gasteiger partial charge in [-0.1, -0.05) is 25.1 Å². The number of pyridine rings is 1. The Bertz CT molecular complexity index is 491. The molecule has 0 saturated carbocycles. The van der Waals surface area contributed by atoms with Gasteiger partial charge < -0.3 is 5.73 Å². The minimum Gasteiger partial charge on any atom is -0.320 e. The van der Waals surface area contributed by atoms with Gasteiger partial charge in [0.1, 0.15) is 0 Å². The minimum absolute atomic E-state index is 0.0984. The molecule has 2 rings (SSSR count). The highest BCUT2D eigenvalue weighted by atomic mass is 32.2. The van der Waals surface area contributed by atoms with Crippen LogP contribution in [0.2, 0.25) is 0 Å². The molecule has 0 fully saturated rings. The Morgan fingerprint density at radius 3 is 2.33 bits per heavy atom. The van der Waals surface area contributed by atoms with Crippen molar-refractivity contribution < 1.29 is 0 Å². The van der Waals surface area contributed by atoms with Crippen LogP contribution in [0.25, 0.3) is 0 Å². The average Bonchev–Trinajstić information content (AvgIpc) is 2.40. The lowest BCUT2D eigenvalue weighted by molar-refractivity contribution is 0.859. The summed E-state index contributed by atoms with van der Waals surface area (Å²) in [6, 6.07) is 12.4. The number of nitrogens with two attached hydrogens (primary N) is 1. The van der Waals surface area contributed by atoms with Crippen molar-refractivity contribution in [1.29, 1.82) is 0 Å². The molecule has 0 radical (unpaired) electrons. The third-order valence-electron chi connectivity index (χ3n) is 2.84. The van der Waals surface area contributed by atoms with Gasteiger partial charge in [-0.05, 0) is 42.0 Å². The molecule has 94 valence electrons. The largest absolute Gasteiger partial charge is 0.320 e. The van der Waals surface area contributed by atoms with Crippen molar-refractivity contribution >= 4 is 11.8 Å². The molecule has 1 aromatic carbocycles. The number of hydrogen-bond acceptors (Lipinski definition) is 3. The Morgan fingerprint density at radius 2 is 1.78 bits per heavy atom. The van der Waals surface area contributed by atoms with Gasteiger partial charge in [0.15, 0.2) is 0 Å². The van der Waals surface area contributed by atoms with Gasteiger partial charge >= 0.3 is 0 Å². The van der Waals surface area contributed by atoms with E-state index >= 15 is 0 Å². The van der Waals surface area contributed by atoms with E-state index in [0.717, 1.165) is 22.6 Å². The van der Waals surface area contributed by atoms with E-state index in [1.807, 2.05) is 37.0 Å². The fraction of sp³-hybridized carbons (Fsp3) is 0.267. The van der Waals surface area contributed by atoms with E-state index in [1.54, 1.807) is 0 Å². The highest BCUT2D eigenvalue weighted by Gasteiger charge is 2.08. The van der Waals surface area contributed by atoms with E-state index < -0.39 is 0 Å². The van der Waals surface area contributed by atoms with Gasteiger partial charge in [0.25, 0.3) is 0 Å². The standard InChI is InChI=1S/C15H18N2S/c1-3-18-14-8-6-12(7-9-14)15(16)13-5-4-11(2)17-10-13/h4-10,15H,3,16H2,1-2H3. The van der Waals surface area contributed by atoms with Crippen LogP contribution in [-0.2, 0) is 0 Å². The predicted molar refractivity (Wildman–Crippen MR) is 77.8 cm³/mol. The predicted octanol–water partition coefficient (Wildman–Crippen LogP) is 3.55. The lowest BCUT2D eigenvalue weighted by atomic mass is 10.0. The van der Waals surface area contributed by atoms with Crippen LogP contribution in [0.1, 0.15) is 29.8 Å². The summed E-state index contributed by atoms with van der Waals surface area (Å²) in [5.74, 6) is 1.09. The topological polar surface area (TPSA) is 38.9 Å². The van der Waals surface area contributed by atoms with Crippen LogP contribution in [-0.4, -0.2) is 10.7 Å². The zero-order chi connectivity index (χ0) is 13.0. The number of nitrogens with zero attached hydrogens (tertiary/aromatic N) is 1. The zero-order valence-corrected chi connectivity index (χ0v) is 11.6. The maximum Gasteiger partial charge on any atom is 0.0566 e. The summed E-state index contributed by atoms with van der Waals surface area (Å²) in [6.45, 7) is 4.13. The van der Waals surface area contributed by atoms with Gasteiger partial charge in [-0.2, -0.15) is 0 Å². The van der Waals surface area contributed by atoms with E-state index in [1.165, 1.54) is 4.90 Å². The van der Waals surface area contributed by atoms with Crippen molar-refractivity contribution in [3.05, 3.63) is 59.4 Å². The first-order valence-corrected chi connectivity index (χ1v) is 7.10. The molecule has 2 N–H and O–H groups in total. The van der Waals surface area contributed by atoms with Gasteiger partial charge in [-0.15, -0.1) is 11.8 Å². The van der Waals surface area contributed by atoms with Crippen LogP contribution in [0.3, 0.4) is 0 Å². The quantitative estimate of drug-likeness (QED) is 0.852. The molecule has 1 atom stereocenters. The lowest BCUT2D eigenvalue weighted by Gasteiger charge is -2.12. The maximum absolute atomic E-state index is 6.24. The van der Waals surface area contributed by atoms with Crippen LogP contribution in [0.5, 0.6) is 0 Å². The Labute approximate surface area is 113 Å². The molecule has 2 nitrogen and oxygen atoms in total. The molecule has 0 spiro atoms. The number of thioether (sulfide) groups is 1. The van der Waals surface area contributed by atoms with Crippen LogP contribution >= 0.6 is 11.8 Å². The van der Waals surface area contributed by atoms with Crippen molar-refractivity contribution in [2.75, 3.05) is 5.75 Å². The molecule has 0 bridgehead atoms. The van der Waals surface area contributed by atoms with E-state index in [0.29, 0.717) is 0 Å². The van der Waals surface area contributed by atoms with Gasteiger partial charge in [-0.3, -0.25) is 4.98 Å². The molecule has 1 aromatic heterocycles. The van der Waals surface area contributed by atoms with Crippen molar-refractivity contribution in [2.45, 2.75) is 24.8 Å². The Hall–Kier alpha value is -1.32. The minimum atomic E-state index is -0.0984. The number of hydrogen-bond donors (Lipinski definition) is 1. The Balaban J connectivity index is 2.17. The molecule has 0 amide bonds. The van der Waals surface area contributed by atoms with E-state index in [-0.39, 0.29) is 6.04 Å². The molecule has 2 aromatic rings. The molecule has 0 aliphatic carbocycles. The van der Waals surface area contributed by atoms with Gasteiger partial charge in [0.2, 0.25) is 0 Å². The van der Waals surface area contributed by atoms with Crippen molar-refractivity contribution in [3.8, 4) is 0 Å².